The van der Waals surface area contributed by atoms with Crippen LogP contribution in [0.25, 0.3) is 0 Å². The molecule has 0 saturated carbocycles. The van der Waals surface area contributed by atoms with Gasteiger partial charge in [-0.2, -0.15) is 0 Å². The van der Waals surface area contributed by atoms with Crippen molar-refractivity contribution >= 4 is 40.6 Å². The van der Waals surface area contributed by atoms with Gasteiger partial charge >= 0.3 is 5.97 Å². The van der Waals surface area contributed by atoms with E-state index in [0.717, 1.165) is 22.4 Å². The minimum absolute atomic E-state index is 0.0806. The number of anilines is 2. The first-order chi connectivity index (χ1) is 19.0. The van der Waals surface area contributed by atoms with Gasteiger partial charge in [0, 0.05) is 17.9 Å². The monoisotopic (exact) mass is 520 g/mol. The van der Waals surface area contributed by atoms with Crippen molar-refractivity contribution in [1.29, 1.82) is 0 Å². The van der Waals surface area contributed by atoms with Gasteiger partial charge in [-0.3, -0.25) is 14.6 Å². The molecule has 39 heavy (non-hydrogen) atoms. The minimum atomic E-state index is -0.666. The summed E-state index contributed by atoms with van der Waals surface area (Å²) in [6, 6.07) is 20.3. The maximum atomic E-state index is 13.3. The number of carbonyl (C=O) groups excluding carboxylic acids is 3. The maximum absolute atomic E-state index is 13.3. The summed E-state index contributed by atoms with van der Waals surface area (Å²) in [4.78, 5) is 48.9. The number of ether oxygens (including phenoxy) is 1. The Labute approximate surface area is 224 Å². The zero-order valence-corrected chi connectivity index (χ0v) is 21.1. The van der Waals surface area contributed by atoms with E-state index in [1.807, 2.05) is 48.5 Å². The molecular formula is C30H24N4O5. The van der Waals surface area contributed by atoms with Crippen molar-refractivity contribution in [2.24, 2.45) is 4.99 Å². The number of benzene rings is 3. The fourth-order valence-electron chi connectivity index (χ4n) is 5.10. The maximum Gasteiger partial charge on any atom is 0.337 e. The number of nitrogens with zero attached hydrogens (tertiary/aromatic N) is 3. The van der Waals surface area contributed by atoms with Crippen LogP contribution in [0.5, 0.6) is 0 Å². The Balaban J connectivity index is 1.35. The van der Waals surface area contributed by atoms with Gasteiger partial charge in [-0.05, 0) is 53.4 Å². The van der Waals surface area contributed by atoms with Crippen molar-refractivity contribution in [1.82, 2.24) is 4.98 Å². The van der Waals surface area contributed by atoms with Crippen molar-refractivity contribution in [3.05, 3.63) is 107 Å². The second-order valence-electron chi connectivity index (χ2n) is 9.29. The minimum Gasteiger partial charge on any atom is -0.465 e. The first kappa shape index (κ1) is 24.3. The lowest BCUT2D eigenvalue weighted by atomic mass is 9.90. The molecule has 2 amide bonds. The van der Waals surface area contributed by atoms with Crippen LogP contribution >= 0.6 is 0 Å². The van der Waals surface area contributed by atoms with Gasteiger partial charge in [-0.1, -0.05) is 36.4 Å². The van der Waals surface area contributed by atoms with Crippen molar-refractivity contribution < 1.29 is 23.5 Å². The molecule has 2 aliphatic rings. The molecule has 0 fully saturated rings. The summed E-state index contributed by atoms with van der Waals surface area (Å²) in [6.07, 6.45) is 3.77. The Morgan fingerprint density at radius 2 is 1.95 bits per heavy atom. The molecule has 3 aromatic carbocycles. The third-order valence-corrected chi connectivity index (χ3v) is 6.94. The van der Waals surface area contributed by atoms with Gasteiger partial charge in [0.25, 0.3) is 0 Å². The molecule has 1 N–H and O–H groups in total. The van der Waals surface area contributed by atoms with Gasteiger partial charge in [0.05, 0.1) is 30.3 Å². The number of aliphatic imine (C=N–C) groups is 1. The summed E-state index contributed by atoms with van der Waals surface area (Å²) in [5.74, 6) is -1.06. The van der Waals surface area contributed by atoms with E-state index in [0.29, 0.717) is 41.5 Å². The van der Waals surface area contributed by atoms with Gasteiger partial charge in [0.1, 0.15) is 18.6 Å². The summed E-state index contributed by atoms with van der Waals surface area (Å²) in [6.45, 7) is 0.564. The number of methoxy groups -OCH3 is 1. The number of aromatic nitrogens is 1. The Kier molecular flexibility index (Phi) is 6.24. The predicted molar refractivity (Wildman–Crippen MR) is 144 cm³/mol. The van der Waals surface area contributed by atoms with Crippen LogP contribution in [0.1, 0.15) is 38.9 Å². The molecule has 4 aromatic rings. The first-order valence-corrected chi connectivity index (χ1v) is 12.5. The zero-order valence-electron chi connectivity index (χ0n) is 21.1. The molecule has 0 radical (unpaired) electrons. The number of esters is 1. The van der Waals surface area contributed by atoms with Crippen LogP contribution in [0.2, 0.25) is 0 Å². The van der Waals surface area contributed by atoms with Crippen LogP contribution in [0.3, 0.4) is 0 Å². The largest absolute Gasteiger partial charge is 0.465 e. The normalized spacial score (nSPS) is 16.0. The van der Waals surface area contributed by atoms with Gasteiger partial charge in [0.2, 0.25) is 17.7 Å². The topological polar surface area (TPSA) is 114 Å². The molecule has 0 aliphatic carbocycles. The zero-order chi connectivity index (χ0) is 26.9. The molecule has 3 heterocycles. The fraction of sp³-hybridized carbons (Fsp3) is 0.167. The molecule has 194 valence electrons. The number of oxazole rings is 1. The highest BCUT2D eigenvalue weighted by atomic mass is 16.5. The average Bonchev–Trinajstić information content (AvgIpc) is 3.69. The first-order valence-electron chi connectivity index (χ1n) is 12.5. The Morgan fingerprint density at radius 3 is 2.72 bits per heavy atom. The standard InChI is InChI=1S/C30H24N4O5/c1-38-30(37)20-7-9-22-23(16-20)33-29(36)27(22)28(18-5-3-2-4-6-18)32-21-8-10-24-19(15-21)11-13-34(24)26(35)17-25-31-12-14-39-25/h2-10,12,14-16,27H,11,13,17H2,1H3,(H,33,36). The summed E-state index contributed by atoms with van der Waals surface area (Å²) in [7, 11) is 1.32. The van der Waals surface area contributed by atoms with E-state index in [4.69, 9.17) is 14.1 Å². The predicted octanol–water partition coefficient (Wildman–Crippen LogP) is 4.45. The second-order valence-corrected chi connectivity index (χ2v) is 9.29. The van der Waals surface area contributed by atoms with E-state index >= 15 is 0 Å². The van der Waals surface area contributed by atoms with Crippen LogP contribution < -0.4 is 10.2 Å². The van der Waals surface area contributed by atoms with Crippen LogP contribution in [-0.2, 0) is 27.2 Å². The molecule has 0 bridgehead atoms. The van der Waals surface area contributed by atoms with E-state index in [1.54, 1.807) is 23.1 Å². The van der Waals surface area contributed by atoms with E-state index in [9.17, 15) is 14.4 Å². The number of nitrogens with one attached hydrogen (secondary N) is 1. The van der Waals surface area contributed by atoms with E-state index in [2.05, 4.69) is 10.3 Å². The molecule has 9 nitrogen and oxygen atoms in total. The molecule has 1 atom stereocenters. The molecule has 0 spiro atoms. The van der Waals surface area contributed by atoms with Gasteiger partial charge in [0.15, 0.2) is 0 Å². The molecule has 1 aromatic heterocycles. The summed E-state index contributed by atoms with van der Waals surface area (Å²) in [5.41, 5.74) is 5.58. The van der Waals surface area contributed by atoms with Crippen molar-refractivity contribution in [3.63, 3.8) is 0 Å². The van der Waals surface area contributed by atoms with Gasteiger partial charge < -0.3 is 19.4 Å². The fourth-order valence-corrected chi connectivity index (χ4v) is 5.10. The van der Waals surface area contributed by atoms with Crippen LogP contribution in [0.4, 0.5) is 17.1 Å². The van der Waals surface area contributed by atoms with Crippen LogP contribution in [0, 0.1) is 0 Å². The smallest absolute Gasteiger partial charge is 0.337 e. The molecule has 0 saturated heterocycles. The summed E-state index contributed by atoms with van der Waals surface area (Å²) >= 11 is 0. The van der Waals surface area contributed by atoms with Crippen molar-refractivity contribution in [2.45, 2.75) is 18.8 Å². The third kappa shape index (κ3) is 4.59. The Bertz CT molecular complexity index is 1610. The number of amides is 2. The van der Waals surface area contributed by atoms with Crippen molar-refractivity contribution in [2.75, 3.05) is 23.9 Å². The number of hydrogen-bond acceptors (Lipinski definition) is 7. The highest BCUT2D eigenvalue weighted by Gasteiger charge is 2.36. The Hall–Kier alpha value is -5.05. The van der Waals surface area contributed by atoms with Gasteiger partial charge in [-0.25, -0.2) is 9.78 Å². The lowest BCUT2D eigenvalue weighted by Crippen LogP contribution is -2.30. The molecule has 9 heteroatoms. The number of hydrogen-bond donors (Lipinski definition) is 1. The SMILES string of the molecule is COC(=O)c1ccc2c(c1)NC(=O)C2C(=Nc1ccc2c(c1)CCN2C(=O)Cc1ncco1)c1ccccc1. The number of fused-ring (bicyclic) bond motifs is 2. The van der Waals surface area contributed by atoms with Crippen LogP contribution in [0.15, 0.2) is 88.6 Å². The van der Waals surface area contributed by atoms with Gasteiger partial charge in [-0.15, -0.1) is 0 Å². The third-order valence-electron chi connectivity index (χ3n) is 6.94. The lowest BCUT2D eigenvalue weighted by Gasteiger charge is -2.17. The summed E-state index contributed by atoms with van der Waals surface area (Å²) in [5, 5.41) is 2.90. The number of rotatable bonds is 6. The Morgan fingerprint density at radius 1 is 1.10 bits per heavy atom. The van der Waals surface area contributed by atoms with Crippen LogP contribution in [-0.4, -0.2) is 42.1 Å². The highest BCUT2D eigenvalue weighted by Crippen LogP contribution is 2.38. The molecule has 1 unspecified atom stereocenters. The lowest BCUT2D eigenvalue weighted by molar-refractivity contribution is -0.118. The number of carbonyl (C=O) groups is 3. The second kappa shape index (κ2) is 10.0. The molecule has 6 rings (SSSR count). The van der Waals surface area contributed by atoms with E-state index in [-0.39, 0.29) is 18.2 Å². The highest BCUT2D eigenvalue weighted by molar-refractivity contribution is 6.24. The van der Waals surface area contributed by atoms with Crippen molar-refractivity contribution in [3.8, 4) is 0 Å². The molecule has 2 aliphatic heterocycles. The average molecular weight is 521 g/mol. The van der Waals surface area contributed by atoms with E-state index in [1.165, 1.54) is 19.6 Å². The molecular weight excluding hydrogens is 496 g/mol. The summed E-state index contributed by atoms with van der Waals surface area (Å²) < 4.78 is 10.1. The van der Waals surface area contributed by atoms with E-state index < -0.39 is 11.9 Å². The quantitative estimate of drug-likeness (QED) is 0.297.